The van der Waals surface area contributed by atoms with Gasteiger partial charge in [-0.05, 0) is 44.0 Å². The number of aromatic nitrogens is 2. The quantitative estimate of drug-likeness (QED) is 0.917. The molecule has 0 aliphatic carbocycles. The molecular weight excluding hydrogens is 305 g/mol. The van der Waals surface area contributed by atoms with E-state index >= 15 is 0 Å². The molecule has 0 bridgehead atoms. The van der Waals surface area contributed by atoms with Crippen LogP contribution in [0.25, 0.3) is 0 Å². The topological polar surface area (TPSA) is 46.9 Å². The van der Waals surface area contributed by atoms with Crippen molar-refractivity contribution in [1.29, 1.82) is 0 Å². The minimum Gasteiger partial charge on any atom is -0.352 e. The Hall–Kier alpha value is -1.88. The predicted molar refractivity (Wildman–Crippen MR) is 84.6 cm³/mol. The SMILES string of the molecule is Cc1cc(C)n(C[C@H](C)CNC(=O)c2cc(Cl)ccc2F)n1. The molecule has 0 spiro atoms. The summed E-state index contributed by atoms with van der Waals surface area (Å²) in [6.07, 6.45) is 0. The van der Waals surface area contributed by atoms with Gasteiger partial charge in [-0.1, -0.05) is 18.5 Å². The molecule has 0 aliphatic rings. The Labute approximate surface area is 134 Å². The van der Waals surface area contributed by atoms with E-state index in [0.717, 1.165) is 11.4 Å². The molecule has 1 heterocycles. The number of hydrogen-bond acceptors (Lipinski definition) is 2. The van der Waals surface area contributed by atoms with Gasteiger partial charge in [-0.25, -0.2) is 4.39 Å². The third kappa shape index (κ3) is 4.07. The second-order valence-corrected chi connectivity index (χ2v) is 5.99. The van der Waals surface area contributed by atoms with Crippen molar-refractivity contribution in [1.82, 2.24) is 15.1 Å². The molecule has 0 saturated heterocycles. The summed E-state index contributed by atoms with van der Waals surface area (Å²) in [4.78, 5) is 12.0. The van der Waals surface area contributed by atoms with Gasteiger partial charge in [0.25, 0.3) is 5.91 Å². The second kappa shape index (κ2) is 6.92. The summed E-state index contributed by atoms with van der Waals surface area (Å²) >= 11 is 5.79. The van der Waals surface area contributed by atoms with E-state index in [1.54, 1.807) is 0 Å². The van der Waals surface area contributed by atoms with Crippen molar-refractivity contribution >= 4 is 17.5 Å². The van der Waals surface area contributed by atoms with Crippen LogP contribution in [0.2, 0.25) is 5.02 Å². The number of hydrogen-bond donors (Lipinski definition) is 1. The number of aryl methyl sites for hydroxylation is 2. The highest BCUT2D eigenvalue weighted by atomic mass is 35.5. The molecule has 6 heteroatoms. The molecule has 1 N–H and O–H groups in total. The first-order chi connectivity index (χ1) is 10.4. The monoisotopic (exact) mass is 323 g/mol. The summed E-state index contributed by atoms with van der Waals surface area (Å²) in [5.74, 6) is -0.863. The van der Waals surface area contributed by atoms with Gasteiger partial charge in [0.1, 0.15) is 5.82 Å². The van der Waals surface area contributed by atoms with Gasteiger partial charge in [-0.2, -0.15) is 5.10 Å². The number of carbonyl (C=O) groups excluding carboxylic acids is 1. The van der Waals surface area contributed by atoms with Gasteiger partial charge in [0, 0.05) is 23.8 Å². The highest BCUT2D eigenvalue weighted by molar-refractivity contribution is 6.30. The van der Waals surface area contributed by atoms with Crippen molar-refractivity contribution in [3.05, 3.63) is 52.1 Å². The van der Waals surface area contributed by atoms with Crippen LogP contribution in [0, 0.1) is 25.6 Å². The lowest BCUT2D eigenvalue weighted by Gasteiger charge is -2.14. The van der Waals surface area contributed by atoms with E-state index in [1.165, 1.54) is 18.2 Å². The maximum atomic E-state index is 13.6. The average molecular weight is 324 g/mol. The van der Waals surface area contributed by atoms with Crippen molar-refractivity contribution in [2.45, 2.75) is 27.3 Å². The van der Waals surface area contributed by atoms with E-state index in [9.17, 15) is 9.18 Å². The summed E-state index contributed by atoms with van der Waals surface area (Å²) in [5, 5.41) is 7.46. The molecule has 0 aliphatic heterocycles. The van der Waals surface area contributed by atoms with Crippen molar-refractivity contribution in [2.75, 3.05) is 6.54 Å². The number of nitrogens with one attached hydrogen (secondary N) is 1. The molecule has 0 radical (unpaired) electrons. The van der Waals surface area contributed by atoms with Crippen LogP contribution in [0.3, 0.4) is 0 Å². The Kier molecular flexibility index (Phi) is 5.19. The molecule has 0 fully saturated rings. The van der Waals surface area contributed by atoms with E-state index in [-0.39, 0.29) is 11.5 Å². The summed E-state index contributed by atoms with van der Waals surface area (Å²) in [6.45, 7) is 7.07. The Balaban J connectivity index is 1.93. The summed E-state index contributed by atoms with van der Waals surface area (Å²) in [5.41, 5.74) is 2.01. The smallest absolute Gasteiger partial charge is 0.254 e. The van der Waals surface area contributed by atoms with Crippen LogP contribution >= 0.6 is 11.6 Å². The Morgan fingerprint density at radius 3 is 2.77 bits per heavy atom. The van der Waals surface area contributed by atoms with E-state index in [2.05, 4.69) is 10.4 Å². The molecule has 1 amide bonds. The number of halogens is 2. The van der Waals surface area contributed by atoms with Gasteiger partial charge >= 0.3 is 0 Å². The van der Waals surface area contributed by atoms with Gasteiger partial charge < -0.3 is 5.32 Å². The summed E-state index contributed by atoms with van der Waals surface area (Å²) in [7, 11) is 0. The van der Waals surface area contributed by atoms with E-state index < -0.39 is 11.7 Å². The number of nitrogens with zero attached hydrogens (tertiary/aromatic N) is 2. The summed E-state index contributed by atoms with van der Waals surface area (Å²) < 4.78 is 15.5. The van der Waals surface area contributed by atoms with Gasteiger partial charge in [0.2, 0.25) is 0 Å². The minimum absolute atomic E-state index is 0.0363. The zero-order chi connectivity index (χ0) is 16.3. The van der Waals surface area contributed by atoms with E-state index in [0.29, 0.717) is 18.1 Å². The average Bonchev–Trinajstić information content (AvgIpc) is 2.77. The van der Waals surface area contributed by atoms with Crippen LogP contribution in [-0.4, -0.2) is 22.2 Å². The van der Waals surface area contributed by atoms with Crippen molar-refractivity contribution in [3.63, 3.8) is 0 Å². The normalized spacial score (nSPS) is 12.2. The molecular formula is C16H19ClFN3O. The highest BCUT2D eigenvalue weighted by Gasteiger charge is 2.14. The second-order valence-electron chi connectivity index (χ2n) is 5.55. The first-order valence-electron chi connectivity index (χ1n) is 7.11. The molecule has 0 unspecified atom stereocenters. The number of rotatable bonds is 5. The van der Waals surface area contributed by atoms with Crippen molar-refractivity contribution in [2.24, 2.45) is 5.92 Å². The fourth-order valence-corrected chi connectivity index (χ4v) is 2.43. The lowest BCUT2D eigenvalue weighted by Crippen LogP contribution is -2.30. The van der Waals surface area contributed by atoms with Crippen molar-refractivity contribution < 1.29 is 9.18 Å². The molecule has 1 aromatic carbocycles. The Morgan fingerprint density at radius 2 is 2.14 bits per heavy atom. The molecule has 2 aromatic rings. The molecule has 1 aromatic heterocycles. The fourth-order valence-electron chi connectivity index (χ4n) is 2.25. The molecule has 0 saturated carbocycles. The summed E-state index contributed by atoms with van der Waals surface area (Å²) in [6, 6.07) is 5.94. The van der Waals surface area contributed by atoms with Gasteiger partial charge in [0.15, 0.2) is 0 Å². The fraction of sp³-hybridized carbons (Fsp3) is 0.375. The third-order valence-electron chi connectivity index (χ3n) is 3.37. The largest absolute Gasteiger partial charge is 0.352 e. The van der Waals surface area contributed by atoms with Gasteiger partial charge in [-0.3, -0.25) is 9.48 Å². The van der Waals surface area contributed by atoms with Gasteiger partial charge in [0.05, 0.1) is 11.3 Å². The van der Waals surface area contributed by atoms with Crippen LogP contribution < -0.4 is 5.32 Å². The van der Waals surface area contributed by atoms with Crippen LogP contribution in [0.5, 0.6) is 0 Å². The van der Waals surface area contributed by atoms with Crippen molar-refractivity contribution in [3.8, 4) is 0 Å². The van der Waals surface area contributed by atoms with Gasteiger partial charge in [-0.15, -0.1) is 0 Å². The number of amides is 1. The van der Waals surface area contributed by atoms with Crippen LogP contribution in [0.1, 0.15) is 28.7 Å². The Morgan fingerprint density at radius 1 is 1.41 bits per heavy atom. The predicted octanol–water partition coefficient (Wildman–Crippen LogP) is 3.36. The lowest BCUT2D eigenvalue weighted by molar-refractivity contribution is 0.0942. The van der Waals surface area contributed by atoms with E-state index in [1.807, 2.05) is 31.5 Å². The van der Waals surface area contributed by atoms with Crippen LogP contribution in [-0.2, 0) is 6.54 Å². The molecule has 22 heavy (non-hydrogen) atoms. The van der Waals surface area contributed by atoms with Crippen LogP contribution in [0.15, 0.2) is 24.3 Å². The molecule has 1 atom stereocenters. The first-order valence-corrected chi connectivity index (χ1v) is 7.49. The maximum Gasteiger partial charge on any atom is 0.254 e. The number of benzene rings is 1. The lowest BCUT2D eigenvalue weighted by atomic mass is 10.1. The molecule has 2 rings (SSSR count). The molecule has 118 valence electrons. The first kappa shape index (κ1) is 16.5. The van der Waals surface area contributed by atoms with E-state index in [4.69, 9.17) is 11.6 Å². The molecule has 4 nitrogen and oxygen atoms in total. The third-order valence-corrected chi connectivity index (χ3v) is 3.61. The minimum atomic E-state index is -0.576. The standard InChI is InChI=1S/C16H19ClFN3O/c1-10(9-21-12(3)6-11(2)20-21)8-19-16(22)14-7-13(17)4-5-15(14)18/h4-7,10H,8-9H2,1-3H3,(H,19,22)/t10-/m1/s1. The Bertz CT molecular complexity index is 684. The zero-order valence-corrected chi connectivity index (χ0v) is 13.6. The van der Waals surface area contributed by atoms with Crippen LogP contribution in [0.4, 0.5) is 4.39 Å². The highest BCUT2D eigenvalue weighted by Crippen LogP contribution is 2.15. The number of carbonyl (C=O) groups is 1. The maximum absolute atomic E-state index is 13.6. The zero-order valence-electron chi connectivity index (χ0n) is 12.9.